The molecule has 0 aliphatic heterocycles. The molecule has 0 bridgehead atoms. The molecule has 0 heterocycles. The van der Waals surface area contributed by atoms with Crippen LogP contribution < -0.4 is 12.4 Å². The molecular formula is ClCuO4SZn+. The average Bonchev–Trinajstić information content (AvgIpc) is 0.722. The van der Waals surface area contributed by atoms with E-state index in [2.05, 4.69) is 0 Å². The minimum atomic E-state index is -5.17. The molecule has 8 heteroatoms. The van der Waals surface area contributed by atoms with Crippen molar-refractivity contribution in [3.05, 3.63) is 0 Å². The van der Waals surface area contributed by atoms with Crippen molar-refractivity contribution in [1.82, 2.24) is 0 Å². The van der Waals surface area contributed by atoms with Crippen molar-refractivity contribution >= 4 is 10.4 Å². The Morgan fingerprint density at radius 3 is 1.12 bits per heavy atom. The van der Waals surface area contributed by atoms with Crippen molar-refractivity contribution < 1.29 is 66.5 Å². The van der Waals surface area contributed by atoms with E-state index >= 15 is 0 Å². The van der Waals surface area contributed by atoms with E-state index in [-0.39, 0.29) is 49.0 Å². The van der Waals surface area contributed by atoms with Crippen LogP contribution in [0.4, 0.5) is 0 Å². The van der Waals surface area contributed by atoms with Crippen LogP contribution in [-0.2, 0) is 46.9 Å². The SMILES string of the molecule is O=S(=O)([O-])[O-].[Cl-].[Cu+2].[Zn+2]. The first-order valence-electron chi connectivity index (χ1n) is 0.667. The van der Waals surface area contributed by atoms with Crippen LogP contribution in [0.3, 0.4) is 0 Å². The fourth-order valence-corrected chi connectivity index (χ4v) is 0. The molecule has 8 heavy (non-hydrogen) atoms. The fraction of sp³-hybridized carbons (Fsp3) is 0. The van der Waals surface area contributed by atoms with E-state index in [0.29, 0.717) is 0 Å². The van der Waals surface area contributed by atoms with E-state index in [1.807, 2.05) is 0 Å². The van der Waals surface area contributed by atoms with Gasteiger partial charge in [0.1, 0.15) is 0 Å². The van der Waals surface area contributed by atoms with Gasteiger partial charge < -0.3 is 21.5 Å². The monoisotopic (exact) mass is 258 g/mol. The summed E-state index contributed by atoms with van der Waals surface area (Å²) < 4.78 is 34.1. The molecule has 0 aliphatic rings. The topological polar surface area (TPSA) is 80.3 Å². The van der Waals surface area contributed by atoms with Crippen LogP contribution in [0.15, 0.2) is 0 Å². The van der Waals surface area contributed by atoms with Gasteiger partial charge in [0.25, 0.3) is 0 Å². The van der Waals surface area contributed by atoms with Crippen molar-refractivity contribution in [2.45, 2.75) is 0 Å². The summed E-state index contributed by atoms with van der Waals surface area (Å²) in [6.07, 6.45) is 0. The summed E-state index contributed by atoms with van der Waals surface area (Å²) >= 11 is 0. The third-order valence-corrected chi connectivity index (χ3v) is 0. The summed E-state index contributed by atoms with van der Waals surface area (Å²) in [5.74, 6) is 0. The van der Waals surface area contributed by atoms with E-state index < -0.39 is 10.4 Å². The summed E-state index contributed by atoms with van der Waals surface area (Å²) in [4.78, 5) is 0. The molecule has 0 saturated carbocycles. The Morgan fingerprint density at radius 1 is 1.12 bits per heavy atom. The summed E-state index contributed by atoms with van der Waals surface area (Å²) in [5.41, 5.74) is 0. The first kappa shape index (κ1) is 22.8. The Hall–Kier alpha value is 1.30. The molecule has 0 rings (SSSR count). The van der Waals surface area contributed by atoms with E-state index in [1.165, 1.54) is 0 Å². The molecule has 0 saturated heterocycles. The molecule has 0 amide bonds. The molecule has 0 aromatic carbocycles. The fourth-order valence-electron chi connectivity index (χ4n) is 0. The van der Waals surface area contributed by atoms with Gasteiger partial charge in [-0.1, -0.05) is 0 Å². The minimum Gasteiger partial charge on any atom is -1.00 e. The Labute approximate surface area is 76.6 Å². The molecule has 0 aromatic heterocycles. The predicted molar refractivity (Wildman–Crippen MR) is 10.5 cm³/mol. The molecular weight excluding hydrogens is 260 g/mol. The van der Waals surface area contributed by atoms with E-state index in [0.717, 1.165) is 0 Å². The zero-order valence-corrected chi connectivity index (χ0v) is 8.91. The Bertz CT molecular complexity index is 99.2. The Morgan fingerprint density at radius 2 is 1.12 bits per heavy atom. The van der Waals surface area contributed by atoms with Crippen LogP contribution in [-0.4, -0.2) is 17.5 Å². The smallest absolute Gasteiger partial charge is 1.00 e. The summed E-state index contributed by atoms with van der Waals surface area (Å²) in [6, 6.07) is 0. The molecule has 0 aliphatic carbocycles. The molecule has 0 aromatic rings. The van der Waals surface area contributed by atoms with Gasteiger partial charge in [0.2, 0.25) is 0 Å². The third-order valence-electron chi connectivity index (χ3n) is 0. The van der Waals surface area contributed by atoms with Crippen LogP contribution >= 0.6 is 0 Å². The predicted octanol–water partition coefficient (Wildman–Crippen LogP) is -4.34. The van der Waals surface area contributed by atoms with Gasteiger partial charge in [0.15, 0.2) is 0 Å². The van der Waals surface area contributed by atoms with Gasteiger partial charge in [-0.25, -0.2) is 0 Å². The maximum atomic E-state index is 8.52. The summed E-state index contributed by atoms with van der Waals surface area (Å²) in [7, 11) is -5.17. The molecule has 0 atom stereocenters. The van der Waals surface area contributed by atoms with Crippen molar-refractivity contribution in [1.29, 1.82) is 0 Å². The first-order valence-corrected chi connectivity index (χ1v) is 2.00. The van der Waals surface area contributed by atoms with Crippen molar-refractivity contribution in [3.8, 4) is 0 Å². The van der Waals surface area contributed by atoms with Crippen molar-refractivity contribution in [2.24, 2.45) is 0 Å². The molecule has 4 nitrogen and oxygen atoms in total. The molecule has 0 fully saturated rings. The van der Waals surface area contributed by atoms with Gasteiger partial charge in [0, 0.05) is 10.4 Å². The van der Waals surface area contributed by atoms with Crippen molar-refractivity contribution in [3.63, 3.8) is 0 Å². The van der Waals surface area contributed by atoms with Crippen LogP contribution in [0.1, 0.15) is 0 Å². The third kappa shape index (κ3) is 171. The maximum absolute atomic E-state index is 8.52. The van der Waals surface area contributed by atoms with E-state index in [4.69, 9.17) is 17.5 Å². The van der Waals surface area contributed by atoms with Gasteiger partial charge in [-0.15, -0.1) is 0 Å². The second-order valence-electron chi connectivity index (χ2n) is 0.408. The zero-order chi connectivity index (χ0) is 4.50. The summed E-state index contributed by atoms with van der Waals surface area (Å²) in [5, 5.41) is 0. The number of hydrogen-bond donors (Lipinski definition) is 0. The Kier molecular flexibility index (Phi) is 23.7. The van der Waals surface area contributed by atoms with Crippen LogP contribution in [0.2, 0.25) is 0 Å². The zero-order valence-electron chi connectivity index (χ0n) is 3.43. The molecule has 49 valence electrons. The minimum absolute atomic E-state index is 0. The molecule has 0 spiro atoms. The molecule has 0 unspecified atom stereocenters. The van der Waals surface area contributed by atoms with Gasteiger partial charge >= 0.3 is 36.5 Å². The van der Waals surface area contributed by atoms with E-state index in [9.17, 15) is 0 Å². The van der Waals surface area contributed by atoms with Gasteiger partial charge in [-0.3, -0.25) is 8.42 Å². The number of hydrogen-bond acceptors (Lipinski definition) is 4. The number of halogens is 1. The van der Waals surface area contributed by atoms with Gasteiger partial charge in [0.05, 0.1) is 0 Å². The largest absolute Gasteiger partial charge is 2.00 e. The molecule has 0 N–H and O–H groups in total. The number of rotatable bonds is 0. The van der Waals surface area contributed by atoms with Crippen LogP contribution in [0, 0.1) is 0 Å². The standard InChI is InChI=1S/ClH.Cu.H2O4S.Zn/c;;1-5(2,3)4;/h1H;;(H2,1,2,3,4);/q;+2;;+2/p-3. The van der Waals surface area contributed by atoms with E-state index in [1.54, 1.807) is 0 Å². The quantitative estimate of drug-likeness (QED) is 0.251. The second-order valence-corrected chi connectivity index (χ2v) is 1.22. The average molecular weight is 260 g/mol. The molecule has 1 radical (unpaired) electrons. The summed E-state index contributed by atoms with van der Waals surface area (Å²) in [6.45, 7) is 0. The van der Waals surface area contributed by atoms with Crippen LogP contribution in [0.25, 0.3) is 0 Å². The van der Waals surface area contributed by atoms with Crippen LogP contribution in [0.5, 0.6) is 0 Å². The first-order chi connectivity index (χ1) is 2.00. The maximum Gasteiger partial charge on any atom is 2.00 e. The second kappa shape index (κ2) is 8.30. The van der Waals surface area contributed by atoms with Gasteiger partial charge in [-0.2, -0.15) is 0 Å². The normalized spacial score (nSPS) is 7.25. The van der Waals surface area contributed by atoms with Gasteiger partial charge in [-0.05, 0) is 0 Å². The van der Waals surface area contributed by atoms with Crippen molar-refractivity contribution in [2.75, 3.05) is 0 Å². The Balaban J connectivity index is -0.0000000267.